The van der Waals surface area contributed by atoms with Crippen LogP contribution in [0.5, 0.6) is 11.5 Å². The molecule has 8 nitrogen and oxygen atoms in total. The zero-order valence-electron chi connectivity index (χ0n) is 15.6. The third kappa shape index (κ3) is 2.78. The summed E-state index contributed by atoms with van der Waals surface area (Å²) in [5.74, 6) is 2.48. The summed E-state index contributed by atoms with van der Waals surface area (Å²) in [4.78, 5) is 17.4. The quantitative estimate of drug-likeness (QED) is 0.508. The molecule has 1 aliphatic carbocycles. The highest BCUT2D eigenvalue weighted by Gasteiger charge is 2.54. The van der Waals surface area contributed by atoms with Gasteiger partial charge in [-0.3, -0.25) is 4.79 Å². The summed E-state index contributed by atoms with van der Waals surface area (Å²) in [5, 5.41) is 9.48. The largest absolute Gasteiger partial charge is 0.463 e. The van der Waals surface area contributed by atoms with Crippen LogP contribution in [0.3, 0.4) is 0 Å². The first kappa shape index (κ1) is 17.3. The van der Waals surface area contributed by atoms with Crippen LogP contribution in [0.2, 0.25) is 0 Å². The number of anilines is 1. The van der Waals surface area contributed by atoms with Crippen molar-refractivity contribution in [2.45, 2.75) is 18.3 Å². The maximum atomic E-state index is 13.0. The lowest BCUT2D eigenvalue weighted by molar-refractivity contribution is -0.118. The third-order valence-electron chi connectivity index (χ3n) is 5.34. The second-order valence-electron chi connectivity index (χ2n) is 7.20. The fraction of sp³-hybridized carbons (Fsp3) is 0.190. The minimum Gasteiger partial charge on any atom is -0.463 e. The lowest BCUT2D eigenvalue weighted by Crippen LogP contribution is -2.28. The lowest BCUT2D eigenvalue weighted by atomic mass is 10.0. The minimum atomic E-state index is -0.686. The minimum absolute atomic E-state index is 0.131. The van der Waals surface area contributed by atoms with E-state index in [4.69, 9.17) is 18.4 Å². The van der Waals surface area contributed by atoms with Crippen LogP contribution in [-0.4, -0.2) is 22.8 Å². The van der Waals surface area contributed by atoms with Gasteiger partial charge < -0.3 is 23.7 Å². The molecule has 0 spiro atoms. The first-order chi connectivity index (χ1) is 14.7. The van der Waals surface area contributed by atoms with Gasteiger partial charge >= 0.3 is 0 Å². The second-order valence-corrected chi connectivity index (χ2v) is 8.05. The molecule has 0 radical (unpaired) electrons. The molecular weight excluding hydrogens is 406 g/mol. The van der Waals surface area contributed by atoms with E-state index < -0.39 is 5.41 Å². The van der Waals surface area contributed by atoms with Crippen LogP contribution in [0.15, 0.2) is 57.0 Å². The van der Waals surface area contributed by atoms with Crippen molar-refractivity contribution >= 4 is 22.4 Å². The number of amides is 1. The zero-order valence-corrected chi connectivity index (χ0v) is 16.4. The lowest BCUT2D eigenvalue weighted by Gasteiger charge is -2.10. The van der Waals surface area contributed by atoms with Crippen molar-refractivity contribution in [1.82, 2.24) is 10.1 Å². The number of aromatic nitrogens is 2. The van der Waals surface area contributed by atoms with E-state index in [0.29, 0.717) is 52.4 Å². The Bertz CT molecular complexity index is 1240. The van der Waals surface area contributed by atoms with Gasteiger partial charge in [0.1, 0.15) is 5.69 Å². The molecule has 1 amide bonds. The molecule has 2 aliphatic rings. The number of furan rings is 1. The Labute approximate surface area is 174 Å². The summed E-state index contributed by atoms with van der Waals surface area (Å²) < 4.78 is 21.6. The van der Waals surface area contributed by atoms with Gasteiger partial charge in [0.2, 0.25) is 12.7 Å². The van der Waals surface area contributed by atoms with Crippen LogP contribution in [-0.2, 0) is 10.2 Å². The van der Waals surface area contributed by atoms with Gasteiger partial charge in [-0.15, -0.1) is 11.3 Å². The summed E-state index contributed by atoms with van der Waals surface area (Å²) >= 11 is 1.36. The first-order valence-corrected chi connectivity index (χ1v) is 10.3. The van der Waals surface area contributed by atoms with Gasteiger partial charge in [0.05, 0.1) is 17.4 Å². The van der Waals surface area contributed by atoms with E-state index in [2.05, 4.69) is 15.5 Å². The standard InChI is InChI=1S/C21H15N3O5S/c25-19(23-20-22-13(10-30-20)14-2-1-7-26-14)21(5-6-21)18-9-16(29-24-18)12-3-4-15-17(8-12)28-11-27-15/h1-4,7-10H,5-6,11H2,(H,22,23,25). The van der Waals surface area contributed by atoms with Gasteiger partial charge in [0, 0.05) is 17.0 Å². The Kier molecular flexibility index (Phi) is 3.72. The van der Waals surface area contributed by atoms with Crippen LogP contribution in [0.1, 0.15) is 18.5 Å². The van der Waals surface area contributed by atoms with Crippen LogP contribution in [0.4, 0.5) is 5.13 Å². The van der Waals surface area contributed by atoms with Crippen LogP contribution >= 0.6 is 11.3 Å². The molecule has 9 heteroatoms. The van der Waals surface area contributed by atoms with Gasteiger partial charge in [0.15, 0.2) is 28.2 Å². The Balaban J connectivity index is 1.22. The Morgan fingerprint density at radius 3 is 2.83 bits per heavy atom. The fourth-order valence-electron chi connectivity index (χ4n) is 3.50. The molecule has 150 valence electrons. The third-order valence-corrected chi connectivity index (χ3v) is 6.10. The van der Waals surface area contributed by atoms with Gasteiger partial charge in [-0.05, 0) is 43.2 Å². The summed E-state index contributed by atoms with van der Waals surface area (Å²) in [6, 6.07) is 11.0. The number of rotatable bonds is 5. The molecule has 0 unspecified atom stereocenters. The number of nitrogens with zero attached hydrogens (tertiary/aromatic N) is 2. The smallest absolute Gasteiger partial charge is 0.238 e. The number of nitrogens with one attached hydrogen (secondary N) is 1. The van der Waals surface area contributed by atoms with Crippen LogP contribution < -0.4 is 14.8 Å². The molecule has 3 aromatic heterocycles. The molecule has 1 saturated carbocycles. The number of thiazole rings is 1. The molecule has 0 atom stereocenters. The predicted octanol–water partition coefficient (Wildman–Crippen LogP) is 4.46. The fourth-order valence-corrected chi connectivity index (χ4v) is 4.19. The average Bonchev–Trinajstić information content (AvgIpc) is 3.31. The average molecular weight is 421 g/mol. The number of carbonyl (C=O) groups excluding carboxylic acids is 1. The summed E-state index contributed by atoms with van der Waals surface area (Å²) in [7, 11) is 0. The highest BCUT2D eigenvalue weighted by Crippen LogP contribution is 2.49. The van der Waals surface area contributed by atoms with Crippen molar-refractivity contribution in [2.75, 3.05) is 12.1 Å². The molecule has 4 aromatic rings. The number of ether oxygens (including phenoxy) is 2. The van der Waals surface area contributed by atoms with Crippen LogP contribution in [0.25, 0.3) is 22.8 Å². The highest BCUT2D eigenvalue weighted by atomic mass is 32.1. The van der Waals surface area contributed by atoms with Crippen molar-refractivity contribution in [3.63, 3.8) is 0 Å². The summed E-state index contributed by atoms with van der Waals surface area (Å²) in [5.41, 5.74) is 1.44. The van der Waals surface area contributed by atoms with E-state index >= 15 is 0 Å². The molecule has 30 heavy (non-hydrogen) atoms. The number of hydrogen-bond acceptors (Lipinski definition) is 8. The van der Waals surface area contributed by atoms with Crippen molar-refractivity contribution in [2.24, 2.45) is 0 Å². The Morgan fingerprint density at radius 2 is 2.00 bits per heavy atom. The van der Waals surface area contributed by atoms with Crippen molar-refractivity contribution < 1.29 is 23.2 Å². The molecule has 4 heterocycles. The molecule has 1 N–H and O–H groups in total. The topological polar surface area (TPSA) is 99.6 Å². The molecule has 1 aliphatic heterocycles. The van der Waals surface area contributed by atoms with E-state index in [1.54, 1.807) is 12.3 Å². The van der Waals surface area contributed by atoms with Crippen molar-refractivity contribution in [3.05, 3.63) is 53.7 Å². The van der Waals surface area contributed by atoms with Gasteiger partial charge in [-0.25, -0.2) is 4.98 Å². The summed E-state index contributed by atoms with van der Waals surface area (Å²) in [6.07, 6.45) is 3.01. The Morgan fingerprint density at radius 1 is 1.10 bits per heavy atom. The SMILES string of the molecule is O=C(Nc1nc(-c2ccco2)cs1)C1(c2cc(-c3ccc4c(c3)OCO4)on2)CC1. The van der Waals surface area contributed by atoms with E-state index in [1.165, 1.54) is 11.3 Å². The van der Waals surface area contributed by atoms with E-state index in [-0.39, 0.29) is 12.7 Å². The molecule has 0 saturated heterocycles. The van der Waals surface area contributed by atoms with Crippen molar-refractivity contribution in [1.29, 1.82) is 0 Å². The molecule has 6 rings (SSSR count). The van der Waals surface area contributed by atoms with Crippen LogP contribution in [0, 0.1) is 0 Å². The Hall–Kier alpha value is -3.59. The van der Waals surface area contributed by atoms with Crippen molar-refractivity contribution in [3.8, 4) is 34.3 Å². The number of benzene rings is 1. The van der Waals surface area contributed by atoms with Gasteiger partial charge in [0.25, 0.3) is 0 Å². The van der Waals surface area contributed by atoms with Gasteiger partial charge in [-0.1, -0.05) is 5.16 Å². The predicted molar refractivity (Wildman–Crippen MR) is 107 cm³/mol. The molecular formula is C21H15N3O5S. The maximum Gasteiger partial charge on any atom is 0.238 e. The second kappa shape index (κ2) is 6.46. The number of carbonyl (C=O) groups is 1. The van der Waals surface area contributed by atoms with E-state index in [0.717, 1.165) is 5.56 Å². The highest BCUT2D eigenvalue weighted by molar-refractivity contribution is 7.14. The first-order valence-electron chi connectivity index (χ1n) is 9.39. The van der Waals surface area contributed by atoms with E-state index in [1.807, 2.05) is 35.7 Å². The summed E-state index contributed by atoms with van der Waals surface area (Å²) in [6.45, 7) is 0.210. The normalized spacial score (nSPS) is 15.9. The maximum absolute atomic E-state index is 13.0. The van der Waals surface area contributed by atoms with Gasteiger partial charge in [-0.2, -0.15) is 0 Å². The molecule has 1 aromatic carbocycles. The van der Waals surface area contributed by atoms with E-state index in [9.17, 15) is 4.79 Å². The zero-order chi connectivity index (χ0) is 20.1. The molecule has 0 bridgehead atoms. The molecule has 1 fully saturated rings. The number of hydrogen-bond donors (Lipinski definition) is 1. The monoisotopic (exact) mass is 421 g/mol. The number of fused-ring (bicyclic) bond motifs is 1.